The summed E-state index contributed by atoms with van der Waals surface area (Å²) in [5.74, 6) is 0.0463. The molecule has 86 valence electrons. The number of rotatable bonds is 5. The molecule has 0 unspecified atom stereocenters. The molecule has 0 saturated carbocycles. The van der Waals surface area contributed by atoms with Gasteiger partial charge in [-0.15, -0.1) is 11.3 Å². The number of hydrogen-bond donors (Lipinski definition) is 1. The van der Waals surface area contributed by atoms with Gasteiger partial charge in [0.2, 0.25) is 0 Å². The summed E-state index contributed by atoms with van der Waals surface area (Å²) < 4.78 is 22.2. The molecule has 15 heavy (non-hydrogen) atoms. The first-order valence-electron chi connectivity index (χ1n) is 4.76. The van der Waals surface area contributed by atoms with Gasteiger partial charge in [-0.1, -0.05) is 6.92 Å². The zero-order chi connectivity index (χ0) is 11.5. The lowest BCUT2D eigenvalue weighted by atomic mass is 10.4. The summed E-state index contributed by atoms with van der Waals surface area (Å²) >= 11 is 1.47. The zero-order valence-electron chi connectivity index (χ0n) is 9.20. The molecular formula is C9H16N2O2S2. The lowest BCUT2D eigenvalue weighted by Gasteiger charge is -1.97. The van der Waals surface area contributed by atoms with E-state index in [1.165, 1.54) is 17.6 Å². The highest BCUT2D eigenvalue weighted by atomic mass is 32.2. The Bertz CT molecular complexity index is 423. The lowest BCUT2D eigenvalue weighted by molar-refractivity contribution is 0.601. The van der Waals surface area contributed by atoms with Crippen LogP contribution in [0.3, 0.4) is 0 Å². The van der Waals surface area contributed by atoms with Crippen LogP contribution in [0, 0.1) is 6.92 Å². The third-order valence-electron chi connectivity index (χ3n) is 1.86. The van der Waals surface area contributed by atoms with Crippen LogP contribution in [0.2, 0.25) is 0 Å². The number of thiazole rings is 1. The van der Waals surface area contributed by atoms with Gasteiger partial charge in [-0.3, -0.25) is 0 Å². The number of nitrogens with zero attached hydrogens (tertiary/aromatic N) is 1. The third kappa shape index (κ3) is 4.27. The van der Waals surface area contributed by atoms with Crippen molar-refractivity contribution in [2.75, 3.05) is 12.8 Å². The molecule has 0 amide bonds. The third-order valence-corrected chi connectivity index (χ3v) is 4.00. The number of aryl methyl sites for hydroxylation is 1. The highest BCUT2D eigenvalue weighted by molar-refractivity contribution is 7.90. The van der Waals surface area contributed by atoms with Crippen molar-refractivity contribution in [2.24, 2.45) is 0 Å². The van der Waals surface area contributed by atoms with Crippen molar-refractivity contribution in [2.45, 2.75) is 26.1 Å². The van der Waals surface area contributed by atoms with E-state index in [1.54, 1.807) is 0 Å². The topological polar surface area (TPSA) is 59.1 Å². The van der Waals surface area contributed by atoms with Crippen LogP contribution in [-0.4, -0.2) is 26.2 Å². The van der Waals surface area contributed by atoms with E-state index in [-0.39, 0.29) is 5.75 Å². The Kier molecular flexibility index (Phi) is 4.24. The fourth-order valence-corrected chi connectivity index (χ4v) is 3.40. The van der Waals surface area contributed by atoms with Gasteiger partial charge >= 0.3 is 0 Å². The van der Waals surface area contributed by atoms with E-state index in [4.69, 9.17) is 0 Å². The largest absolute Gasteiger partial charge is 0.312 e. The molecular weight excluding hydrogens is 232 g/mol. The molecule has 0 aromatic carbocycles. The number of aromatic nitrogens is 1. The quantitative estimate of drug-likeness (QED) is 0.848. The molecule has 0 radical (unpaired) electrons. The molecule has 0 atom stereocenters. The molecule has 0 fully saturated rings. The predicted octanol–water partition coefficient (Wildman–Crippen LogP) is 1.11. The van der Waals surface area contributed by atoms with Crippen molar-refractivity contribution in [1.29, 1.82) is 0 Å². The minimum Gasteiger partial charge on any atom is -0.312 e. The van der Waals surface area contributed by atoms with Crippen molar-refractivity contribution >= 4 is 21.2 Å². The molecule has 0 aliphatic heterocycles. The predicted molar refractivity (Wildman–Crippen MR) is 62.8 cm³/mol. The summed E-state index contributed by atoms with van der Waals surface area (Å²) in [6.07, 6.45) is 1.23. The molecule has 1 aromatic heterocycles. The fraction of sp³-hybridized carbons (Fsp3) is 0.667. The zero-order valence-corrected chi connectivity index (χ0v) is 10.8. The maximum Gasteiger partial charge on any atom is 0.153 e. The van der Waals surface area contributed by atoms with E-state index in [1.807, 2.05) is 13.8 Å². The first kappa shape index (κ1) is 12.6. The Morgan fingerprint density at radius 3 is 2.67 bits per heavy atom. The monoisotopic (exact) mass is 248 g/mol. The van der Waals surface area contributed by atoms with Crippen LogP contribution in [-0.2, 0) is 22.1 Å². The summed E-state index contributed by atoms with van der Waals surface area (Å²) in [7, 11) is -2.97. The standard InChI is InChI=1S/C9H16N2O2S2/c1-4-10-5-8-7(2)11-9(14-8)6-15(3,12)13/h10H,4-6H2,1-3H3. The molecule has 4 nitrogen and oxygen atoms in total. The molecule has 0 spiro atoms. The Balaban J connectivity index is 2.77. The number of nitrogens with one attached hydrogen (secondary N) is 1. The van der Waals surface area contributed by atoms with Crippen LogP contribution >= 0.6 is 11.3 Å². The van der Waals surface area contributed by atoms with Gasteiger partial charge in [0.05, 0.1) is 5.69 Å². The average Bonchev–Trinajstić information content (AvgIpc) is 2.39. The second-order valence-electron chi connectivity index (χ2n) is 3.47. The van der Waals surface area contributed by atoms with Crippen LogP contribution in [0.4, 0.5) is 0 Å². The average molecular weight is 248 g/mol. The summed E-state index contributed by atoms with van der Waals surface area (Å²) in [5.41, 5.74) is 0.930. The van der Waals surface area contributed by atoms with Gasteiger partial charge in [-0.25, -0.2) is 13.4 Å². The smallest absolute Gasteiger partial charge is 0.153 e. The Morgan fingerprint density at radius 2 is 2.13 bits per heavy atom. The summed E-state index contributed by atoms with van der Waals surface area (Å²) in [6.45, 7) is 5.62. The van der Waals surface area contributed by atoms with Gasteiger partial charge in [0.25, 0.3) is 0 Å². The SMILES string of the molecule is CCNCc1sc(CS(C)(=O)=O)nc1C. The second kappa shape index (κ2) is 5.05. The minimum absolute atomic E-state index is 0.0463. The van der Waals surface area contributed by atoms with Crippen LogP contribution in [0.15, 0.2) is 0 Å². The van der Waals surface area contributed by atoms with Gasteiger partial charge in [-0.2, -0.15) is 0 Å². The molecule has 0 aliphatic carbocycles. The van der Waals surface area contributed by atoms with Gasteiger partial charge in [0, 0.05) is 17.7 Å². The summed E-state index contributed by atoms with van der Waals surface area (Å²) in [5, 5.41) is 3.89. The Labute approximate surface area is 94.7 Å². The van der Waals surface area contributed by atoms with Gasteiger partial charge < -0.3 is 5.32 Å². The van der Waals surface area contributed by atoms with E-state index >= 15 is 0 Å². The molecule has 0 aliphatic rings. The Morgan fingerprint density at radius 1 is 1.47 bits per heavy atom. The molecule has 1 heterocycles. The van der Waals surface area contributed by atoms with Crippen LogP contribution in [0.1, 0.15) is 22.5 Å². The molecule has 0 saturated heterocycles. The number of sulfone groups is 1. The molecule has 1 aromatic rings. The maximum atomic E-state index is 11.1. The van der Waals surface area contributed by atoms with Gasteiger partial charge in [0.1, 0.15) is 10.8 Å². The fourth-order valence-electron chi connectivity index (χ4n) is 1.18. The maximum absolute atomic E-state index is 11.1. The molecule has 0 bridgehead atoms. The normalized spacial score (nSPS) is 11.9. The highest BCUT2D eigenvalue weighted by Crippen LogP contribution is 2.19. The lowest BCUT2D eigenvalue weighted by Crippen LogP contribution is -2.11. The van der Waals surface area contributed by atoms with Crippen molar-refractivity contribution in [3.8, 4) is 0 Å². The molecule has 6 heteroatoms. The molecule has 1 rings (SSSR count). The summed E-state index contributed by atoms with van der Waals surface area (Å²) in [4.78, 5) is 5.37. The minimum atomic E-state index is -2.97. The number of hydrogen-bond acceptors (Lipinski definition) is 5. The van der Waals surface area contributed by atoms with Crippen molar-refractivity contribution < 1.29 is 8.42 Å². The first-order chi connectivity index (χ1) is 6.92. The van der Waals surface area contributed by atoms with E-state index in [2.05, 4.69) is 10.3 Å². The van der Waals surface area contributed by atoms with E-state index < -0.39 is 9.84 Å². The van der Waals surface area contributed by atoms with Crippen LogP contribution in [0.25, 0.3) is 0 Å². The van der Waals surface area contributed by atoms with Crippen molar-refractivity contribution in [3.05, 3.63) is 15.6 Å². The van der Waals surface area contributed by atoms with Crippen molar-refractivity contribution in [1.82, 2.24) is 10.3 Å². The first-order valence-corrected chi connectivity index (χ1v) is 7.63. The van der Waals surface area contributed by atoms with Crippen LogP contribution in [0.5, 0.6) is 0 Å². The highest BCUT2D eigenvalue weighted by Gasteiger charge is 2.11. The summed E-state index contributed by atoms with van der Waals surface area (Å²) in [6, 6.07) is 0. The molecule has 1 N–H and O–H groups in total. The van der Waals surface area contributed by atoms with E-state index in [0.717, 1.165) is 23.7 Å². The van der Waals surface area contributed by atoms with E-state index in [0.29, 0.717) is 5.01 Å². The van der Waals surface area contributed by atoms with Gasteiger partial charge in [-0.05, 0) is 13.5 Å². The second-order valence-corrected chi connectivity index (χ2v) is 6.77. The van der Waals surface area contributed by atoms with Gasteiger partial charge in [0.15, 0.2) is 9.84 Å². The van der Waals surface area contributed by atoms with Crippen molar-refractivity contribution in [3.63, 3.8) is 0 Å². The van der Waals surface area contributed by atoms with E-state index in [9.17, 15) is 8.42 Å². The Hall–Kier alpha value is -0.460. The van der Waals surface area contributed by atoms with Crippen LogP contribution < -0.4 is 5.32 Å².